The van der Waals surface area contributed by atoms with Crippen LogP contribution in [0.4, 0.5) is 0 Å². The van der Waals surface area contributed by atoms with E-state index in [0.29, 0.717) is 5.92 Å². The Morgan fingerprint density at radius 2 is 2.06 bits per heavy atom. The molecule has 6 heteroatoms. The van der Waals surface area contributed by atoms with Crippen molar-refractivity contribution in [1.82, 2.24) is 25.5 Å². The summed E-state index contributed by atoms with van der Waals surface area (Å²) in [7, 11) is 0. The van der Waals surface area contributed by atoms with Crippen molar-refractivity contribution in [1.29, 1.82) is 0 Å². The van der Waals surface area contributed by atoms with Gasteiger partial charge < -0.3 is 5.32 Å². The molecule has 2 aromatic heterocycles. The molecule has 0 aliphatic carbocycles. The number of H-pyrrole nitrogens is 1. The lowest BCUT2D eigenvalue weighted by Gasteiger charge is -2.23. The van der Waals surface area contributed by atoms with Crippen molar-refractivity contribution in [2.75, 3.05) is 13.1 Å². The number of aryl methyl sites for hydroxylation is 1. The quantitative estimate of drug-likeness (QED) is 0.844. The fourth-order valence-electron chi connectivity index (χ4n) is 1.72. The first kappa shape index (κ1) is 12.0. The standard InChI is InChI=1S/C11H13N5.ClH/c1-7-3-2-4-9(13-7)11-14-10(15-16-11)8-5-12-6-8;/h2-4,8,12H,5-6H2,1H3,(H,14,15,16);1H. The maximum absolute atomic E-state index is 4.47. The summed E-state index contributed by atoms with van der Waals surface area (Å²) in [6.07, 6.45) is 0. The van der Waals surface area contributed by atoms with Crippen molar-refractivity contribution in [3.8, 4) is 11.5 Å². The van der Waals surface area contributed by atoms with E-state index >= 15 is 0 Å². The predicted octanol–water partition coefficient (Wildman–Crippen LogP) is 1.28. The average molecular weight is 252 g/mol. The predicted molar refractivity (Wildman–Crippen MR) is 67.2 cm³/mol. The van der Waals surface area contributed by atoms with Gasteiger partial charge in [0.05, 0.1) is 0 Å². The molecule has 2 N–H and O–H groups in total. The third kappa shape index (κ3) is 2.30. The number of aromatic amines is 1. The lowest BCUT2D eigenvalue weighted by Crippen LogP contribution is -2.40. The molecule has 0 saturated carbocycles. The molecule has 0 atom stereocenters. The lowest BCUT2D eigenvalue weighted by molar-refractivity contribution is 0.431. The summed E-state index contributed by atoms with van der Waals surface area (Å²) >= 11 is 0. The molecule has 0 spiro atoms. The molecule has 3 rings (SSSR count). The van der Waals surface area contributed by atoms with Crippen molar-refractivity contribution in [2.24, 2.45) is 0 Å². The van der Waals surface area contributed by atoms with E-state index in [1.54, 1.807) is 0 Å². The van der Waals surface area contributed by atoms with Crippen LogP contribution < -0.4 is 5.32 Å². The van der Waals surface area contributed by atoms with E-state index in [4.69, 9.17) is 0 Å². The molecule has 0 amide bonds. The molecule has 0 radical (unpaired) electrons. The number of halogens is 1. The van der Waals surface area contributed by atoms with Gasteiger partial charge in [-0.3, -0.25) is 5.10 Å². The molecule has 1 aliphatic rings. The van der Waals surface area contributed by atoms with Gasteiger partial charge in [0, 0.05) is 24.7 Å². The Morgan fingerprint density at radius 1 is 1.24 bits per heavy atom. The molecule has 1 saturated heterocycles. The van der Waals surface area contributed by atoms with Crippen LogP contribution in [0.3, 0.4) is 0 Å². The van der Waals surface area contributed by atoms with Crippen LogP contribution >= 0.6 is 12.4 Å². The zero-order chi connectivity index (χ0) is 11.0. The van der Waals surface area contributed by atoms with Crippen LogP contribution in [0.5, 0.6) is 0 Å². The highest BCUT2D eigenvalue weighted by atomic mass is 35.5. The van der Waals surface area contributed by atoms with Crippen LogP contribution in [-0.2, 0) is 0 Å². The van der Waals surface area contributed by atoms with Gasteiger partial charge in [-0.05, 0) is 19.1 Å². The molecular formula is C11H14ClN5. The number of hydrogen-bond donors (Lipinski definition) is 2. The molecular weight excluding hydrogens is 238 g/mol. The molecule has 90 valence electrons. The fourth-order valence-corrected chi connectivity index (χ4v) is 1.72. The molecule has 0 aromatic carbocycles. The van der Waals surface area contributed by atoms with E-state index in [1.807, 2.05) is 25.1 Å². The van der Waals surface area contributed by atoms with Gasteiger partial charge in [-0.1, -0.05) is 6.07 Å². The first-order valence-electron chi connectivity index (χ1n) is 5.40. The minimum atomic E-state index is 0. The number of aromatic nitrogens is 4. The maximum Gasteiger partial charge on any atom is 0.174 e. The number of pyridine rings is 1. The Hall–Kier alpha value is -1.46. The highest BCUT2D eigenvalue weighted by Gasteiger charge is 2.23. The smallest absolute Gasteiger partial charge is 0.174 e. The normalized spacial score (nSPS) is 15.1. The van der Waals surface area contributed by atoms with Gasteiger partial charge in [0.25, 0.3) is 0 Å². The lowest BCUT2D eigenvalue weighted by atomic mass is 10.0. The van der Waals surface area contributed by atoms with Gasteiger partial charge in [-0.15, -0.1) is 12.4 Å². The van der Waals surface area contributed by atoms with E-state index in [1.165, 1.54) is 0 Å². The van der Waals surface area contributed by atoms with E-state index < -0.39 is 0 Å². The third-order valence-electron chi connectivity index (χ3n) is 2.78. The van der Waals surface area contributed by atoms with E-state index in [9.17, 15) is 0 Å². The highest BCUT2D eigenvalue weighted by Crippen LogP contribution is 2.18. The SMILES string of the molecule is Cc1cccc(-c2nc(C3CNC3)n[nH]2)n1.Cl. The van der Waals surface area contributed by atoms with Gasteiger partial charge in [-0.25, -0.2) is 9.97 Å². The summed E-state index contributed by atoms with van der Waals surface area (Å²) in [5.74, 6) is 2.09. The molecule has 3 heterocycles. The number of nitrogens with one attached hydrogen (secondary N) is 2. The Bertz CT molecular complexity index is 506. The molecule has 2 aromatic rings. The van der Waals surface area contributed by atoms with Crippen LogP contribution in [0.1, 0.15) is 17.4 Å². The zero-order valence-electron chi connectivity index (χ0n) is 9.47. The zero-order valence-corrected chi connectivity index (χ0v) is 10.3. The third-order valence-corrected chi connectivity index (χ3v) is 2.78. The molecule has 0 bridgehead atoms. The average Bonchev–Trinajstić information content (AvgIpc) is 2.64. The second-order valence-electron chi connectivity index (χ2n) is 4.06. The summed E-state index contributed by atoms with van der Waals surface area (Å²) in [5.41, 5.74) is 1.84. The van der Waals surface area contributed by atoms with Gasteiger partial charge in [0.2, 0.25) is 0 Å². The maximum atomic E-state index is 4.47. The van der Waals surface area contributed by atoms with Crippen molar-refractivity contribution in [2.45, 2.75) is 12.8 Å². The summed E-state index contributed by atoms with van der Waals surface area (Å²) in [6.45, 7) is 3.91. The van der Waals surface area contributed by atoms with Crippen LogP contribution in [0, 0.1) is 6.92 Å². The molecule has 5 nitrogen and oxygen atoms in total. The van der Waals surface area contributed by atoms with Gasteiger partial charge in [-0.2, -0.15) is 5.10 Å². The van der Waals surface area contributed by atoms with Crippen molar-refractivity contribution >= 4 is 12.4 Å². The van der Waals surface area contributed by atoms with Crippen LogP contribution in [0.25, 0.3) is 11.5 Å². The van der Waals surface area contributed by atoms with Gasteiger partial charge in [0.15, 0.2) is 11.6 Å². The first-order chi connectivity index (χ1) is 7.83. The van der Waals surface area contributed by atoms with Gasteiger partial charge >= 0.3 is 0 Å². The van der Waals surface area contributed by atoms with Crippen molar-refractivity contribution < 1.29 is 0 Å². The Labute approximate surface area is 105 Å². The minimum Gasteiger partial charge on any atom is -0.315 e. The second kappa shape index (κ2) is 4.81. The minimum absolute atomic E-state index is 0. The summed E-state index contributed by atoms with van der Waals surface area (Å²) in [5, 5.41) is 10.4. The number of rotatable bonds is 2. The summed E-state index contributed by atoms with van der Waals surface area (Å²) < 4.78 is 0. The van der Waals surface area contributed by atoms with Crippen molar-refractivity contribution in [3.05, 3.63) is 29.7 Å². The van der Waals surface area contributed by atoms with Crippen LogP contribution in [0.2, 0.25) is 0 Å². The molecule has 1 aliphatic heterocycles. The summed E-state index contributed by atoms with van der Waals surface area (Å²) in [4.78, 5) is 8.89. The number of hydrogen-bond acceptors (Lipinski definition) is 4. The fraction of sp³-hybridized carbons (Fsp3) is 0.364. The molecule has 1 fully saturated rings. The largest absolute Gasteiger partial charge is 0.315 e. The second-order valence-corrected chi connectivity index (χ2v) is 4.06. The summed E-state index contributed by atoms with van der Waals surface area (Å²) in [6, 6.07) is 5.89. The van der Waals surface area contributed by atoms with Crippen molar-refractivity contribution in [3.63, 3.8) is 0 Å². The van der Waals surface area contributed by atoms with E-state index in [0.717, 1.165) is 36.1 Å². The topological polar surface area (TPSA) is 66.5 Å². The van der Waals surface area contributed by atoms with Gasteiger partial charge in [0.1, 0.15) is 5.69 Å². The highest BCUT2D eigenvalue weighted by molar-refractivity contribution is 5.85. The van der Waals surface area contributed by atoms with E-state index in [-0.39, 0.29) is 12.4 Å². The number of nitrogens with zero attached hydrogens (tertiary/aromatic N) is 3. The van der Waals surface area contributed by atoms with E-state index in [2.05, 4.69) is 25.5 Å². The first-order valence-corrected chi connectivity index (χ1v) is 5.40. The Morgan fingerprint density at radius 3 is 2.71 bits per heavy atom. The van der Waals surface area contributed by atoms with Crippen LogP contribution in [0.15, 0.2) is 18.2 Å². The van der Waals surface area contributed by atoms with Crippen LogP contribution in [-0.4, -0.2) is 33.3 Å². The Balaban J connectivity index is 0.00000108. The molecule has 0 unspecified atom stereocenters. The Kier molecular flexibility index (Phi) is 3.40. The molecule has 17 heavy (non-hydrogen) atoms. The monoisotopic (exact) mass is 251 g/mol.